The van der Waals surface area contributed by atoms with Crippen molar-refractivity contribution < 1.29 is 23.7 Å². The zero-order chi connectivity index (χ0) is 34.1. The molecule has 1 aliphatic carbocycles. The summed E-state index contributed by atoms with van der Waals surface area (Å²) in [5.41, 5.74) is 0.599. The largest absolute Gasteiger partial charge is 0.465 e. The predicted molar refractivity (Wildman–Crippen MR) is 190 cm³/mol. The first-order chi connectivity index (χ1) is 23.2. The average Bonchev–Trinajstić information content (AvgIpc) is 3.47. The van der Waals surface area contributed by atoms with E-state index in [4.69, 9.17) is 31.8 Å². The lowest BCUT2D eigenvalue weighted by Gasteiger charge is -2.41. The van der Waals surface area contributed by atoms with E-state index in [9.17, 15) is 4.79 Å². The van der Waals surface area contributed by atoms with Crippen molar-refractivity contribution in [1.29, 1.82) is 0 Å². The van der Waals surface area contributed by atoms with E-state index in [0.717, 1.165) is 16.7 Å². The second-order valence-corrected chi connectivity index (χ2v) is 11.7. The molecular weight excluding hydrogens is 598 g/mol. The molecule has 3 atom stereocenters. The van der Waals surface area contributed by atoms with Gasteiger partial charge < -0.3 is 23.8 Å². The normalized spacial score (nSPS) is 23.7. The van der Waals surface area contributed by atoms with E-state index in [0.29, 0.717) is 28.8 Å². The monoisotopic (exact) mass is 637 g/mol. The van der Waals surface area contributed by atoms with Crippen LogP contribution in [0.3, 0.4) is 0 Å². The highest BCUT2D eigenvalue weighted by atomic mass is 16.5. The molecule has 0 bridgehead atoms. The molecule has 242 valence electrons. The van der Waals surface area contributed by atoms with Crippen molar-refractivity contribution in [2.75, 3.05) is 13.2 Å². The fourth-order valence-electron chi connectivity index (χ4n) is 5.87. The van der Waals surface area contributed by atoms with Gasteiger partial charge in [0, 0.05) is 6.04 Å². The van der Waals surface area contributed by atoms with Crippen molar-refractivity contribution in [3.63, 3.8) is 0 Å². The Labute approximate surface area is 283 Å². The standard InChI is InChI=1S/C42H39NO5/c1-7-27-43-32(5)12-10-11-31(4)42(40(43)44,33-13-17-36(18-14-33)47-38-23-21-35(22-24-38)45-28-8-2)34-15-19-37(20-16-34)48-39-25-26-41(6,30-39)46-29-9-3/h1,3,8,10-26,28,30,32H,27,29H2,2,4-6H3/b12-10-,28-8+,31-11+. The summed E-state index contributed by atoms with van der Waals surface area (Å²) in [4.78, 5) is 16.6. The van der Waals surface area contributed by atoms with Crippen LogP contribution in [0.4, 0.5) is 0 Å². The molecule has 1 aliphatic heterocycles. The molecule has 1 heterocycles. The van der Waals surface area contributed by atoms with Gasteiger partial charge in [-0.1, -0.05) is 60.4 Å². The Hall–Kier alpha value is -5.69. The molecule has 0 N–H and O–H groups in total. The van der Waals surface area contributed by atoms with E-state index in [1.54, 1.807) is 11.2 Å². The van der Waals surface area contributed by atoms with Crippen LogP contribution < -0.4 is 14.2 Å². The van der Waals surface area contributed by atoms with E-state index in [1.165, 1.54) is 0 Å². The highest BCUT2D eigenvalue weighted by Gasteiger charge is 2.47. The lowest BCUT2D eigenvalue weighted by atomic mass is 9.67. The van der Waals surface area contributed by atoms with Crippen LogP contribution in [0.5, 0.6) is 23.0 Å². The Kier molecular flexibility index (Phi) is 10.4. The zero-order valence-corrected chi connectivity index (χ0v) is 27.7. The Morgan fingerprint density at radius 1 is 0.875 bits per heavy atom. The summed E-state index contributed by atoms with van der Waals surface area (Å²) in [7, 11) is 0. The number of terminal acetylenes is 2. The van der Waals surface area contributed by atoms with Crippen molar-refractivity contribution >= 4 is 5.91 Å². The number of allylic oxidation sites excluding steroid dienone is 4. The quantitative estimate of drug-likeness (QED) is 0.156. The maximum atomic E-state index is 14.9. The summed E-state index contributed by atoms with van der Waals surface area (Å²) in [5, 5.41) is 0. The third kappa shape index (κ3) is 7.15. The summed E-state index contributed by atoms with van der Waals surface area (Å²) in [6.07, 6.45) is 26.2. The molecule has 0 saturated heterocycles. The number of amides is 1. The molecular formula is C42H39NO5. The minimum Gasteiger partial charge on any atom is -0.465 e. The number of benzene rings is 3. The molecule has 3 unspecified atom stereocenters. The third-order valence-electron chi connectivity index (χ3n) is 8.35. The average molecular weight is 638 g/mol. The number of nitrogens with zero attached hydrogens (tertiary/aromatic N) is 1. The summed E-state index contributed by atoms with van der Waals surface area (Å²) < 4.78 is 23.6. The zero-order valence-electron chi connectivity index (χ0n) is 27.7. The summed E-state index contributed by atoms with van der Waals surface area (Å²) in [6.45, 7) is 8.11. The molecule has 48 heavy (non-hydrogen) atoms. The lowest BCUT2D eigenvalue weighted by Crippen LogP contribution is -2.52. The summed E-state index contributed by atoms with van der Waals surface area (Å²) in [6, 6.07) is 22.4. The first-order valence-corrected chi connectivity index (χ1v) is 15.8. The van der Waals surface area contributed by atoms with Gasteiger partial charge in [-0.3, -0.25) is 4.79 Å². The molecule has 0 aromatic heterocycles. The fraction of sp³-hybridized carbons (Fsp3) is 0.214. The summed E-state index contributed by atoms with van der Waals surface area (Å²) >= 11 is 0. The van der Waals surface area contributed by atoms with Crippen molar-refractivity contribution in [3.8, 4) is 47.7 Å². The highest BCUT2D eigenvalue weighted by molar-refractivity contribution is 5.96. The van der Waals surface area contributed by atoms with Gasteiger partial charge in [0.1, 0.15) is 46.4 Å². The van der Waals surface area contributed by atoms with Crippen molar-refractivity contribution in [2.24, 2.45) is 0 Å². The molecule has 0 fully saturated rings. The second-order valence-electron chi connectivity index (χ2n) is 11.7. The molecule has 0 spiro atoms. The van der Waals surface area contributed by atoms with Crippen LogP contribution in [0.1, 0.15) is 38.8 Å². The van der Waals surface area contributed by atoms with Crippen LogP contribution in [-0.2, 0) is 14.9 Å². The number of rotatable bonds is 11. The molecule has 3 aromatic rings. The van der Waals surface area contributed by atoms with E-state index in [2.05, 4.69) is 11.8 Å². The highest BCUT2D eigenvalue weighted by Crippen LogP contribution is 2.44. The first-order valence-electron chi connectivity index (χ1n) is 15.8. The molecule has 2 aliphatic rings. The van der Waals surface area contributed by atoms with Gasteiger partial charge in [-0.05, 0) is 111 Å². The number of ether oxygens (including phenoxy) is 4. The second kappa shape index (κ2) is 14.8. The Bertz CT molecular complexity index is 1850. The van der Waals surface area contributed by atoms with Crippen molar-refractivity contribution in [3.05, 3.63) is 144 Å². The Balaban J connectivity index is 1.51. The minimum atomic E-state index is -1.17. The van der Waals surface area contributed by atoms with Gasteiger partial charge in [-0.15, -0.1) is 12.8 Å². The molecule has 1 amide bonds. The number of hydrogen-bond acceptors (Lipinski definition) is 5. The first kappa shape index (κ1) is 33.7. The SMILES string of the molecule is C#CCOC1(C)C=CC(Oc2ccc(C3(c4ccc(Oc5ccc(O/C=C/C)cc5)cc4)C(=O)N(CC#C)C(C)/C=C\C=C\3C)cc2)=C1. The predicted octanol–water partition coefficient (Wildman–Crippen LogP) is 8.28. The molecule has 3 aromatic carbocycles. The van der Waals surface area contributed by atoms with Crippen LogP contribution in [0.25, 0.3) is 0 Å². The van der Waals surface area contributed by atoms with Crippen LogP contribution >= 0.6 is 0 Å². The maximum Gasteiger partial charge on any atom is 0.243 e. The van der Waals surface area contributed by atoms with Crippen molar-refractivity contribution in [2.45, 2.75) is 44.8 Å². The van der Waals surface area contributed by atoms with Gasteiger partial charge in [0.25, 0.3) is 0 Å². The van der Waals surface area contributed by atoms with Crippen molar-refractivity contribution in [1.82, 2.24) is 4.90 Å². The maximum absolute atomic E-state index is 14.9. The molecule has 0 saturated carbocycles. The van der Waals surface area contributed by atoms with Gasteiger partial charge in [-0.25, -0.2) is 0 Å². The van der Waals surface area contributed by atoms with Crippen LogP contribution in [0, 0.1) is 24.7 Å². The number of hydrogen-bond donors (Lipinski definition) is 0. The molecule has 6 heteroatoms. The topological polar surface area (TPSA) is 57.2 Å². The number of carbonyl (C=O) groups excluding carboxylic acids is 1. The van der Waals surface area contributed by atoms with Crippen LogP contribution in [0.2, 0.25) is 0 Å². The third-order valence-corrected chi connectivity index (χ3v) is 8.35. The molecule has 6 nitrogen and oxygen atoms in total. The Morgan fingerprint density at radius 2 is 1.46 bits per heavy atom. The van der Waals surface area contributed by atoms with E-state index in [1.807, 2.05) is 143 Å². The smallest absolute Gasteiger partial charge is 0.243 e. The van der Waals surface area contributed by atoms with Crippen LogP contribution in [-0.4, -0.2) is 35.6 Å². The number of carbonyl (C=O) groups is 1. The fourth-order valence-corrected chi connectivity index (χ4v) is 5.87. The van der Waals surface area contributed by atoms with Crippen LogP contribution in [0.15, 0.2) is 133 Å². The summed E-state index contributed by atoms with van der Waals surface area (Å²) in [5.74, 6) is 8.33. The molecule has 5 rings (SSSR count). The van der Waals surface area contributed by atoms with E-state index in [-0.39, 0.29) is 25.1 Å². The van der Waals surface area contributed by atoms with Gasteiger partial charge in [-0.2, -0.15) is 0 Å². The van der Waals surface area contributed by atoms with Gasteiger partial charge >= 0.3 is 0 Å². The molecule has 0 radical (unpaired) electrons. The lowest BCUT2D eigenvalue weighted by molar-refractivity contribution is -0.135. The van der Waals surface area contributed by atoms with Gasteiger partial charge in [0.2, 0.25) is 5.91 Å². The Morgan fingerprint density at radius 3 is 2.04 bits per heavy atom. The van der Waals surface area contributed by atoms with Gasteiger partial charge in [0.15, 0.2) is 0 Å². The minimum absolute atomic E-state index is 0.118. The van der Waals surface area contributed by atoms with E-state index < -0.39 is 11.0 Å². The van der Waals surface area contributed by atoms with Gasteiger partial charge in [0.05, 0.1) is 12.8 Å². The van der Waals surface area contributed by atoms with E-state index >= 15 is 0 Å².